The molecule has 0 spiro atoms. The topological polar surface area (TPSA) is 35.5 Å². The van der Waals surface area contributed by atoms with Crippen LogP contribution in [-0.4, -0.2) is 31.3 Å². The van der Waals surface area contributed by atoms with Crippen molar-refractivity contribution < 1.29 is 5.11 Å². The van der Waals surface area contributed by atoms with Crippen LogP contribution in [-0.2, 0) is 0 Å². The molecule has 2 rings (SSSR count). The Morgan fingerprint density at radius 1 is 1.20 bits per heavy atom. The van der Waals surface area contributed by atoms with E-state index in [1.165, 1.54) is 25.7 Å². The van der Waals surface area contributed by atoms with Gasteiger partial charge in [-0.1, -0.05) is 31.9 Å². The zero-order chi connectivity index (χ0) is 14.5. The van der Waals surface area contributed by atoms with Gasteiger partial charge in [0.25, 0.3) is 0 Å². The molecule has 1 aliphatic rings. The Balaban J connectivity index is 2.01. The summed E-state index contributed by atoms with van der Waals surface area (Å²) in [6, 6.07) is 8.97. The zero-order valence-corrected chi connectivity index (χ0v) is 13.0. The Hall–Kier alpha value is -1.06. The van der Waals surface area contributed by atoms with E-state index in [1.807, 2.05) is 26.2 Å². The SMILES string of the molecule is CCC(NC1CCCC1)C(O)c1ccc(N(C)C)cc1. The summed E-state index contributed by atoms with van der Waals surface area (Å²) in [5.74, 6) is 0. The molecule has 3 nitrogen and oxygen atoms in total. The van der Waals surface area contributed by atoms with Crippen molar-refractivity contribution in [3.63, 3.8) is 0 Å². The van der Waals surface area contributed by atoms with Crippen molar-refractivity contribution in [2.24, 2.45) is 0 Å². The Bertz CT molecular complexity index is 396. The largest absolute Gasteiger partial charge is 0.387 e. The molecule has 0 amide bonds. The summed E-state index contributed by atoms with van der Waals surface area (Å²) >= 11 is 0. The lowest BCUT2D eigenvalue weighted by Gasteiger charge is -2.27. The summed E-state index contributed by atoms with van der Waals surface area (Å²) in [7, 11) is 4.06. The van der Waals surface area contributed by atoms with Crippen molar-refractivity contribution >= 4 is 5.69 Å². The average molecular weight is 276 g/mol. The molecule has 1 saturated carbocycles. The van der Waals surface area contributed by atoms with Crippen LogP contribution in [0.2, 0.25) is 0 Å². The molecule has 1 fully saturated rings. The molecule has 0 radical (unpaired) electrons. The fourth-order valence-electron chi connectivity index (χ4n) is 3.03. The summed E-state index contributed by atoms with van der Waals surface area (Å²) in [5.41, 5.74) is 2.17. The quantitative estimate of drug-likeness (QED) is 0.838. The normalized spacial score (nSPS) is 19.0. The summed E-state index contributed by atoms with van der Waals surface area (Å²) in [6.07, 6.45) is 5.68. The Kier molecular flexibility index (Phi) is 5.44. The molecule has 1 aromatic rings. The van der Waals surface area contributed by atoms with Crippen LogP contribution in [0.4, 0.5) is 5.69 Å². The lowest BCUT2D eigenvalue weighted by molar-refractivity contribution is 0.119. The van der Waals surface area contributed by atoms with E-state index in [0.29, 0.717) is 6.04 Å². The molecule has 0 bridgehead atoms. The van der Waals surface area contributed by atoms with Gasteiger partial charge in [-0.05, 0) is 37.0 Å². The predicted octanol–water partition coefficient (Wildman–Crippen LogP) is 3.10. The van der Waals surface area contributed by atoms with Gasteiger partial charge in [-0.15, -0.1) is 0 Å². The van der Waals surface area contributed by atoms with E-state index in [-0.39, 0.29) is 6.04 Å². The average Bonchev–Trinajstić information content (AvgIpc) is 2.97. The van der Waals surface area contributed by atoms with E-state index in [2.05, 4.69) is 29.3 Å². The molecule has 20 heavy (non-hydrogen) atoms. The van der Waals surface area contributed by atoms with Gasteiger partial charge >= 0.3 is 0 Å². The smallest absolute Gasteiger partial charge is 0.0942 e. The zero-order valence-electron chi connectivity index (χ0n) is 13.0. The van der Waals surface area contributed by atoms with Crippen LogP contribution in [0.1, 0.15) is 50.7 Å². The molecule has 2 N–H and O–H groups in total. The van der Waals surface area contributed by atoms with Crippen LogP contribution in [0.3, 0.4) is 0 Å². The third-order valence-electron chi connectivity index (χ3n) is 4.38. The minimum absolute atomic E-state index is 0.156. The molecule has 0 aromatic heterocycles. The highest BCUT2D eigenvalue weighted by molar-refractivity contribution is 5.46. The maximum atomic E-state index is 10.6. The highest BCUT2D eigenvalue weighted by Crippen LogP contribution is 2.25. The van der Waals surface area contributed by atoms with Crippen molar-refractivity contribution in [1.82, 2.24) is 5.32 Å². The van der Waals surface area contributed by atoms with E-state index in [0.717, 1.165) is 17.7 Å². The third kappa shape index (κ3) is 3.74. The van der Waals surface area contributed by atoms with Gasteiger partial charge in [-0.25, -0.2) is 0 Å². The summed E-state index contributed by atoms with van der Waals surface area (Å²) < 4.78 is 0. The molecule has 1 aliphatic carbocycles. The number of aliphatic hydroxyl groups excluding tert-OH is 1. The first-order valence-electron chi connectivity index (χ1n) is 7.83. The molecule has 3 heteroatoms. The molecular formula is C17H28N2O. The van der Waals surface area contributed by atoms with E-state index in [4.69, 9.17) is 0 Å². The number of nitrogens with one attached hydrogen (secondary N) is 1. The van der Waals surface area contributed by atoms with Gasteiger partial charge < -0.3 is 15.3 Å². The van der Waals surface area contributed by atoms with E-state index in [9.17, 15) is 5.11 Å². The number of anilines is 1. The summed E-state index contributed by atoms with van der Waals surface area (Å²) in [4.78, 5) is 2.07. The van der Waals surface area contributed by atoms with Crippen LogP contribution in [0.5, 0.6) is 0 Å². The monoisotopic (exact) mass is 276 g/mol. The number of hydrogen-bond donors (Lipinski definition) is 2. The van der Waals surface area contributed by atoms with Crippen molar-refractivity contribution in [2.45, 2.75) is 57.2 Å². The highest BCUT2D eigenvalue weighted by Gasteiger charge is 2.24. The number of benzene rings is 1. The standard InChI is InChI=1S/C17H28N2O/c1-4-16(18-14-7-5-6-8-14)17(20)13-9-11-15(12-10-13)19(2)3/h9-12,14,16-18,20H,4-8H2,1-3H3. The van der Waals surface area contributed by atoms with Crippen LogP contribution in [0, 0.1) is 0 Å². The molecular weight excluding hydrogens is 248 g/mol. The van der Waals surface area contributed by atoms with Crippen molar-refractivity contribution in [3.8, 4) is 0 Å². The minimum atomic E-state index is -0.420. The summed E-state index contributed by atoms with van der Waals surface area (Å²) in [5, 5.41) is 14.2. The fourth-order valence-corrected chi connectivity index (χ4v) is 3.03. The molecule has 1 aromatic carbocycles. The van der Waals surface area contributed by atoms with Gasteiger partial charge in [-0.2, -0.15) is 0 Å². The maximum Gasteiger partial charge on any atom is 0.0942 e. The number of rotatable bonds is 6. The van der Waals surface area contributed by atoms with E-state index < -0.39 is 6.10 Å². The van der Waals surface area contributed by atoms with Crippen LogP contribution in [0.15, 0.2) is 24.3 Å². The lowest BCUT2D eigenvalue weighted by atomic mass is 9.99. The number of aliphatic hydroxyl groups is 1. The second kappa shape index (κ2) is 7.09. The van der Waals surface area contributed by atoms with Gasteiger partial charge in [0.2, 0.25) is 0 Å². The molecule has 0 saturated heterocycles. The molecule has 0 heterocycles. The van der Waals surface area contributed by atoms with Gasteiger partial charge in [-0.3, -0.25) is 0 Å². The van der Waals surface area contributed by atoms with Crippen LogP contribution >= 0.6 is 0 Å². The van der Waals surface area contributed by atoms with Gasteiger partial charge in [0.15, 0.2) is 0 Å². The summed E-state index contributed by atoms with van der Waals surface area (Å²) in [6.45, 7) is 2.14. The third-order valence-corrected chi connectivity index (χ3v) is 4.38. The first-order chi connectivity index (χ1) is 9.61. The van der Waals surface area contributed by atoms with Gasteiger partial charge in [0.05, 0.1) is 6.10 Å². The first-order valence-corrected chi connectivity index (χ1v) is 7.83. The predicted molar refractivity (Wildman–Crippen MR) is 85.2 cm³/mol. The number of hydrogen-bond acceptors (Lipinski definition) is 3. The van der Waals surface area contributed by atoms with Gasteiger partial charge in [0, 0.05) is 31.9 Å². The molecule has 2 atom stereocenters. The Labute approximate surface area is 123 Å². The lowest BCUT2D eigenvalue weighted by Crippen LogP contribution is -2.40. The van der Waals surface area contributed by atoms with Gasteiger partial charge in [0.1, 0.15) is 0 Å². The first kappa shape index (κ1) is 15.3. The van der Waals surface area contributed by atoms with Crippen molar-refractivity contribution in [1.29, 1.82) is 0 Å². The minimum Gasteiger partial charge on any atom is -0.387 e. The van der Waals surface area contributed by atoms with Crippen molar-refractivity contribution in [3.05, 3.63) is 29.8 Å². The molecule has 2 unspecified atom stereocenters. The Morgan fingerprint density at radius 2 is 1.80 bits per heavy atom. The number of nitrogens with zero attached hydrogens (tertiary/aromatic N) is 1. The second-order valence-electron chi connectivity index (χ2n) is 6.09. The van der Waals surface area contributed by atoms with Crippen LogP contribution in [0.25, 0.3) is 0 Å². The fraction of sp³-hybridized carbons (Fsp3) is 0.647. The van der Waals surface area contributed by atoms with Crippen molar-refractivity contribution in [2.75, 3.05) is 19.0 Å². The second-order valence-corrected chi connectivity index (χ2v) is 6.09. The highest BCUT2D eigenvalue weighted by atomic mass is 16.3. The van der Waals surface area contributed by atoms with Crippen LogP contribution < -0.4 is 10.2 Å². The molecule has 112 valence electrons. The maximum absolute atomic E-state index is 10.6. The Morgan fingerprint density at radius 3 is 2.30 bits per heavy atom. The van der Waals surface area contributed by atoms with E-state index in [1.54, 1.807) is 0 Å². The molecule has 0 aliphatic heterocycles. The van der Waals surface area contributed by atoms with E-state index >= 15 is 0 Å².